The van der Waals surface area contributed by atoms with Crippen molar-refractivity contribution in [1.82, 2.24) is 0 Å². The number of aromatic nitrogens is 1. The number of rotatable bonds is 7. The molecule has 6 aromatic rings. The minimum Gasteiger partial charge on any atom is -0.418 e. The first-order valence-electron chi connectivity index (χ1n) is 14.2. The smallest absolute Gasteiger partial charge is 0.418 e. The molecule has 0 aliphatic rings. The standard InChI is InChI=1S/C37H30NO.BF4/c39-37(33-22-12-4-13-23-33,34-24-14-5-15-25-34)28-38-35(30-18-8-2-9-19-30)26-32(29-16-6-1-7-17-29)27-36(38)31-20-10-3-11-21-31;2-1(3,4)5/h1-27,39H,28H2;/q+1;-1. The molecule has 0 atom stereocenters. The molecule has 7 heteroatoms. The van der Waals surface area contributed by atoms with E-state index in [1.807, 2.05) is 78.9 Å². The molecule has 0 amide bonds. The molecule has 0 aliphatic carbocycles. The van der Waals surface area contributed by atoms with Gasteiger partial charge in [-0.2, -0.15) is 4.57 Å². The van der Waals surface area contributed by atoms with Gasteiger partial charge in [-0.25, -0.2) is 0 Å². The summed E-state index contributed by atoms with van der Waals surface area (Å²) in [4.78, 5) is 0. The number of hydrogen-bond donors (Lipinski definition) is 1. The topological polar surface area (TPSA) is 24.1 Å². The fourth-order valence-electron chi connectivity index (χ4n) is 5.29. The normalized spacial score (nSPS) is 11.4. The predicted octanol–water partition coefficient (Wildman–Crippen LogP) is 9.21. The second kappa shape index (κ2) is 13.5. The number of hydrogen-bond acceptors (Lipinski definition) is 1. The molecule has 44 heavy (non-hydrogen) atoms. The molecule has 0 spiro atoms. The molecular formula is C37H30BF4NO. The Morgan fingerprint density at radius 2 is 0.750 bits per heavy atom. The van der Waals surface area contributed by atoms with Crippen molar-refractivity contribution in [2.24, 2.45) is 0 Å². The summed E-state index contributed by atoms with van der Waals surface area (Å²) in [5.74, 6) is 0. The Kier molecular flexibility index (Phi) is 9.36. The van der Waals surface area contributed by atoms with E-state index < -0.39 is 12.9 Å². The molecule has 2 nitrogen and oxygen atoms in total. The second-order valence-corrected chi connectivity index (χ2v) is 10.3. The number of benzene rings is 5. The van der Waals surface area contributed by atoms with Crippen LogP contribution in [0.4, 0.5) is 17.3 Å². The van der Waals surface area contributed by atoms with E-state index in [2.05, 4.69) is 89.5 Å². The Labute approximate surface area is 254 Å². The Hall–Kier alpha value is -5.01. The van der Waals surface area contributed by atoms with Gasteiger partial charge in [-0.05, 0) is 46.5 Å². The van der Waals surface area contributed by atoms with Crippen LogP contribution in [0.25, 0.3) is 33.6 Å². The average molecular weight is 591 g/mol. The maximum absolute atomic E-state index is 12.6. The zero-order valence-electron chi connectivity index (χ0n) is 23.8. The van der Waals surface area contributed by atoms with Gasteiger partial charge in [0.1, 0.15) is 0 Å². The van der Waals surface area contributed by atoms with Crippen LogP contribution in [0.1, 0.15) is 11.1 Å². The number of halogens is 4. The average Bonchev–Trinajstić information content (AvgIpc) is 3.06. The predicted molar refractivity (Wildman–Crippen MR) is 169 cm³/mol. The third-order valence-corrected chi connectivity index (χ3v) is 7.30. The molecule has 5 aromatic carbocycles. The van der Waals surface area contributed by atoms with Crippen LogP contribution in [0, 0.1) is 0 Å². The van der Waals surface area contributed by atoms with Crippen molar-refractivity contribution in [3.63, 3.8) is 0 Å². The minimum atomic E-state index is -6.00. The largest absolute Gasteiger partial charge is 0.673 e. The molecular weight excluding hydrogens is 561 g/mol. The zero-order valence-corrected chi connectivity index (χ0v) is 23.8. The van der Waals surface area contributed by atoms with Crippen molar-refractivity contribution in [2.75, 3.05) is 0 Å². The van der Waals surface area contributed by atoms with E-state index in [1.165, 1.54) is 0 Å². The first-order valence-corrected chi connectivity index (χ1v) is 14.2. The molecule has 1 N–H and O–H groups in total. The maximum Gasteiger partial charge on any atom is 0.673 e. The first-order chi connectivity index (χ1) is 21.2. The molecule has 0 saturated carbocycles. The monoisotopic (exact) mass is 591 g/mol. The van der Waals surface area contributed by atoms with Crippen LogP contribution in [-0.4, -0.2) is 12.4 Å². The van der Waals surface area contributed by atoms with Crippen molar-refractivity contribution < 1.29 is 26.9 Å². The van der Waals surface area contributed by atoms with Crippen LogP contribution in [0.5, 0.6) is 0 Å². The summed E-state index contributed by atoms with van der Waals surface area (Å²) < 4.78 is 41.3. The summed E-state index contributed by atoms with van der Waals surface area (Å²) in [6.07, 6.45) is 0. The first kappa shape index (κ1) is 30.5. The van der Waals surface area contributed by atoms with Gasteiger partial charge in [0, 0.05) is 23.3 Å². The quantitative estimate of drug-likeness (QED) is 0.112. The molecule has 1 heterocycles. The lowest BCUT2D eigenvalue weighted by molar-refractivity contribution is -0.689. The fraction of sp³-hybridized carbons (Fsp3) is 0.0541. The van der Waals surface area contributed by atoms with Gasteiger partial charge in [0.2, 0.25) is 11.4 Å². The van der Waals surface area contributed by atoms with E-state index in [1.54, 1.807) is 0 Å². The van der Waals surface area contributed by atoms with Gasteiger partial charge in [-0.3, -0.25) is 0 Å². The summed E-state index contributed by atoms with van der Waals surface area (Å²) in [5.41, 5.74) is 7.01. The Morgan fingerprint density at radius 3 is 1.09 bits per heavy atom. The van der Waals surface area contributed by atoms with Crippen molar-refractivity contribution in [1.29, 1.82) is 0 Å². The Bertz CT molecular complexity index is 1660. The number of nitrogens with zero attached hydrogens (tertiary/aromatic N) is 1. The molecule has 1 aromatic heterocycles. The van der Waals surface area contributed by atoms with Gasteiger partial charge < -0.3 is 22.4 Å². The van der Waals surface area contributed by atoms with E-state index >= 15 is 0 Å². The fourth-order valence-corrected chi connectivity index (χ4v) is 5.29. The Morgan fingerprint density at radius 1 is 0.455 bits per heavy atom. The van der Waals surface area contributed by atoms with Crippen molar-refractivity contribution in [3.8, 4) is 33.6 Å². The highest BCUT2D eigenvalue weighted by Crippen LogP contribution is 2.34. The van der Waals surface area contributed by atoms with Crippen LogP contribution in [0.15, 0.2) is 164 Å². The molecule has 0 aliphatic heterocycles. The van der Waals surface area contributed by atoms with E-state index in [-0.39, 0.29) is 0 Å². The van der Waals surface area contributed by atoms with E-state index in [4.69, 9.17) is 0 Å². The van der Waals surface area contributed by atoms with Crippen LogP contribution >= 0.6 is 0 Å². The SMILES string of the molecule is F[B-](F)(F)F.OC(C[n+]1c(-c2ccccc2)cc(-c2ccccc2)cc1-c1ccccc1)(c1ccccc1)c1ccccc1. The summed E-state index contributed by atoms with van der Waals surface area (Å²) in [5, 5.41) is 12.6. The van der Waals surface area contributed by atoms with Gasteiger partial charge in [-0.15, -0.1) is 0 Å². The van der Waals surface area contributed by atoms with Crippen LogP contribution < -0.4 is 4.57 Å². The van der Waals surface area contributed by atoms with Crippen molar-refractivity contribution in [2.45, 2.75) is 12.1 Å². The maximum atomic E-state index is 12.6. The van der Waals surface area contributed by atoms with E-state index in [0.29, 0.717) is 6.54 Å². The van der Waals surface area contributed by atoms with E-state index in [0.717, 1.165) is 44.8 Å². The molecule has 0 saturated heterocycles. The summed E-state index contributed by atoms with van der Waals surface area (Å²) >= 11 is 0. The van der Waals surface area contributed by atoms with Crippen LogP contribution in [0.3, 0.4) is 0 Å². The highest BCUT2D eigenvalue weighted by atomic mass is 19.5. The molecule has 6 rings (SSSR count). The van der Waals surface area contributed by atoms with Gasteiger partial charge in [-0.1, -0.05) is 127 Å². The molecule has 0 bridgehead atoms. The Balaban J connectivity index is 0.000000712. The van der Waals surface area contributed by atoms with Crippen LogP contribution in [-0.2, 0) is 12.1 Å². The van der Waals surface area contributed by atoms with Crippen LogP contribution in [0.2, 0.25) is 0 Å². The summed E-state index contributed by atoms with van der Waals surface area (Å²) in [6.45, 7) is 0.338. The summed E-state index contributed by atoms with van der Waals surface area (Å²) in [6, 6.07) is 55.8. The van der Waals surface area contributed by atoms with Gasteiger partial charge in [0.25, 0.3) is 0 Å². The van der Waals surface area contributed by atoms with Gasteiger partial charge >= 0.3 is 7.25 Å². The second-order valence-electron chi connectivity index (χ2n) is 10.3. The number of pyridine rings is 1. The molecule has 0 fully saturated rings. The molecule has 220 valence electrons. The molecule has 0 unspecified atom stereocenters. The van der Waals surface area contributed by atoms with Crippen molar-refractivity contribution in [3.05, 3.63) is 175 Å². The third kappa shape index (κ3) is 7.49. The lowest BCUT2D eigenvalue weighted by atomic mass is 9.85. The molecule has 0 radical (unpaired) electrons. The zero-order chi connectivity index (χ0) is 31.0. The minimum absolute atomic E-state index is 0.338. The lowest BCUT2D eigenvalue weighted by Gasteiger charge is -2.28. The highest BCUT2D eigenvalue weighted by molar-refractivity contribution is 6.50. The third-order valence-electron chi connectivity index (χ3n) is 7.30. The lowest BCUT2D eigenvalue weighted by Crippen LogP contribution is -2.49. The van der Waals surface area contributed by atoms with Gasteiger partial charge in [0.15, 0.2) is 12.1 Å². The van der Waals surface area contributed by atoms with E-state index in [9.17, 15) is 22.4 Å². The summed E-state index contributed by atoms with van der Waals surface area (Å²) in [7, 11) is -6.00. The number of aliphatic hydroxyl groups is 1. The highest BCUT2D eigenvalue weighted by Gasteiger charge is 2.39. The van der Waals surface area contributed by atoms with Crippen molar-refractivity contribution >= 4 is 7.25 Å². The van der Waals surface area contributed by atoms with Gasteiger partial charge in [0.05, 0.1) is 0 Å².